The Morgan fingerprint density at radius 1 is 1.08 bits per heavy atom. The lowest BCUT2D eigenvalue weighted by molar-refractivity contribution is -0.00416. The molecular weight excluding hydrogens is 188 g/mol. The van der Waals surface area contributed by atoms with Crippen molar-refractivity contribution in [2.75, 3.05) is 21.3 Å². The van der Waals surface area contributed by atoms with E-state index < -0.39 is 14.4 Å². The lowest BCUT2D eigenvalue weighted by Crippen LogP contribution is -2.44. The first-order chi connectivity index (χ1) is 5.89. The summed E-state index contributed by atoms with van der Waals surface area (Å²) in [6.45, 7) is 3.29. The van der Waals surface area contributed by atoms with Gasteiger partial charge in [-0.2, -0.15) is 0 Å². The van der Waals surface area contributed by atoms with E-state index in [-0.39, 0.29) is 0 Å². The monoisotopic (exact) mass is 207 g/mol. The largest absolute Gasteiger partial charge is 0.500 e. The molecule has 0 spiro atoms. The minimum Gasteiger partial charge on any atom is -0.377 e. The molecule has 0 bridgehead atoms. The highest BCUT2D eigenvalue weighted by Gasteiger charge is 2.39. The van der Waals surface area contributed by atoms with Gasteiger partial charge in [0, 0.05) is 27.4 Å². The van der Waals surface area contributed by atoms with Crippen LogP contribution in [0.4, 0.5) is 0 Å². The van der Waals surface area contributed by atoms with Crippen molar-refractivity contribution >= 4 is 8.80 Å². The van der Waals surface area contributed by atoms with Crippen molar-refractivity contribution in [3.63, 3.8) is 0 Å². The maximum absolute atomic E-state index is 11.4. The lowest BCUT2D eigenvalue weighted by Gasteiger charge is -2.26. The fraction of sp³-hybridized carbons (Fsp3) is 1.00. The molecule has 0 aliphatic heterocycles. The first kappa shape index (κ1) is 13.1. The molecule has 0 aliphatic carbocycles. The minimum absolute atomic E-state index is 0.495. The van der Waals surface area contributed by atoms with E-state index in [1.807, 2.05) is 0 Å². The summed E-state index contributed by atoms with van der Waals surface area (Å²) in [5, 5.41) is 11.4. The van der Waals surface area contributed by atoms with Crippen LogP contribution in [0.15, 0.2) is 0 Å². The molecule has 0 fully saturated rings. The van der Waals surface area contributed by atoms with Crippen LogP contribution in [-0.4, -0.2) is 35.7 Å². The summed E-state index contributed by atoms with van der Waals surface area (Å²) < 4.78 is 15.6. The Labute approximate surface area is 81.2 Å². The molecule has 0 heterocycles. The molecular formula is C8H19O4Si. The van der Waals surface area contributed by atoms with Crippen LogP contribution in [0.2, 0.25) is 6.04 Å². The molecule has 4 nitrogen and oxygen atoms in total. The van der Waals surface area contributed by atoms with Crippen molar-refractivity contribution in [2.45, 2.75) is 31.9 Å². The Hall–Kier alpha value is 0.0569. The molecule has 0 amide bonds. The van der Waals surface area contributed by atoms with Gasteiger partial charge in [0.1, 0.15) is 0 Å². The van der Waals surface area contributed by atoms with E-state index in [4.69, 9.17) is 13.3 Å². The Bertz CT molecular complexity index is 131. The third-order valence-electron chi connectivity index (χ3n) is 1.97. The van der Waals surface area contributed by atoms with Gasteiger partial charge in [0.25, 0.3) is 0 Å². The average Bonchev–Trinajstić information content (AvgIpc) is 2.06. The number of hydrogen-bond acceptors (Lipinski definition) is 3. The fourth-order valence-corrected chi connectivity index (χ4v) is 3.03. The van der Waals surface area contributed by atoms with Crippen LogP contribution in [0.1, 0.15) is 20.3 Å². The van der Waals surface area contributed by atoms with Crippen molar-refractivity contribution in [1.29, 1.82) is 0 Å². The summed E-state index contributed by atoms with van der Waals surface area (Å²) in [6, 6.07) is 0.563. The molecule has 0 saturated heterocycles. The summed E-state index contributed by atoms with van der Waals surface area (Å²) in [6.07, 6.45) is 0.495. The molecule has 1 radical (unpaired) electrons. The number of rotatable bonds is 6. The molecule has 13 heavy (non-hydrogen) atoms. The van der Waals surface area contributed by atoms with Gasteiger partial charge in [-0.1, -0.05) is 0 Å². The highest BCUT2D eigenvalue weighted by atomic mass is 28.4. The van der Waals surface area contributed by atoms with Gasteiger partial charge < -0.3 is 13.3 Å². The first-order valence-corrected chi connectivity index (χ1v) is 6.18. The molecule has 0 unspecified atom stereocenters. The number of hydrogen-bond donors (Lipinski definition) is 0. The van der Waals surface area contributed by atoms with E-state index in [1.165, 1.54) is 0 Å². The molecule has 0 aromatic rings. The third-order valence-corrected chi connectivity index (χ3v) is 4.69. The molecule has 0 N–H and O–H groups in total. The van der Waals surface area contributed by atoms with Gasteiger partial charge in [0.05, 0.1) is 5.60 Å². The van der Waals surface area contributed by atoms with Gasteiger partial charge >= 0.3 is 8.80 Å². The highest BCUT2D eigenvalue weighted by Crippen LogP contribution is 2.21. The van der Waals surface area contributed by atoms with Crippen molar-refractivity contribution < 1.29 is 18.4 Å². The lowest BCUT2D eigenvalue weighted by atomic mass is 10.1. The van der Waals surface area contributed by atoms with Crippen LogP contribution in [0.25, 0.3) is 0 Å². The Kier molecular flexibility index (Phi) is 5.09. The Morgan fingerprint density at radius 3 is 1.69 bits per heavy atom. The van der Waals surface area contributed by atoms with Crippen molar-refractivity contribution in [1.82, 2.24) is 0 Å². The van der Waals surface area contributed by atoms with Crippen molar-refractivity contribution in [2.24, 2.45) is 0 Å². The Balaban J connectivity index is 4.11. The summed E-state index contributed by atoms with van der Waals surface area (Å²) in [4.78, 5) is 0. The second-order valence-corrected chi connectivity index (χ2v) is 6.65. The third kappa shape index (κ3) is 4.73. The highest BCUT2D eigenvalue weighted by molar-refractivity contribution is 6.60. The van der Waals surface area contributed by atoms with Crippen molar-refractivity contribution in [3.8, 4) is 0 Å². The van der Waals surface area contributed by atoms with E-state index in [9.17, 15) is 5.11 Å². The zero-order valence-electron chi connectivity index (χ0n) is 9.05. The zero-order chi connectivity index (χ0) is 10.5. The molecule has 5 heteroatoms. The minimum atomic E-state index is -2.53. The predicted molar refractivity (Wildman–Crippen MR) is 51.0 cm³/mol. The van der Waals surface area contributed by atoms with Crippen LogP contribution in [0, 0.1) is 0 Å². The molecule has 0 saturated carbocycles. The average molecular weight is 207 g/mol. The van der Waals surface area contributed by atoms with Gasteiger partial charge in [-0.3, -0.25) is 0 Å². The van der Waals surface area contributed by atoms with Gasteiger partial charge in [-0.05, 0) is 20.3 Å². The molecule has 0 rings (SSSR count). The molecule has 0 aromatic heterocycles. The molecule has 79 valence electrons. The van der Waals surface area contributed by atoms with E-state index in [2.05, 4.69) is 0 Å². The maximum Gasteiger partial charge on any atom is 0.500 e. The topological polar surface area (TPSA) is 47.6 Å². The first-order valence-electron chi connectivity index (χ1n) is 4.25. The molecule has 0 aliphatic rings. The standard InChI is InChI=1S/C8H19O4Si/c1-8(2,9)6-7-13(10-3,11-4)12-5/h6-7H2,1-5H3. The maximum atomic E-state index is 11.4. The van der Waals surface area contributed by atoms with E-state index >= 15 is 0 Å². The SMILES string of the molecule is CO[Si](CCC(C)(C)[O])(OC)OC. The van der Waals surface area contributed by atoms with Gasteiger partial charge in [-0.15, -0.1) is 0 Å². The summed E-state index contributed by atoms with van der Waals surface area (Å²) in [5.74, 6) is 0. The van der Waals surface area contributed by atoms with Crippen LogP contribution in [0.3, 0.4) is 0 Å². The van der Waals surface area contributed by atoms with E-state index in [1.54, 1.807) is 35.2 Å². The second kappa shape index (κ2) is 5.07. The van der Waals surface area contributed by atoms with Gasteiger partial charge in [0.2, 0.25) is 0 Å². The molecule has 0 atom stereocenters. The summed E-state index contributed by atoms with van der Waals surface area (Å²) >= 11 is 0. The van der Waals surface area contributed by atoms with Crippen LogP contribution in [-0.2, 0) is 18.4 Å². The van der Waals surface area contributed by atoms with Crippen LogP contribution < -0.4 is 0 Å². The van der Waals surface area contributed by atoms with Gasteiger partial charge in [-0.25, -0.2) is 5.11 Å². The normalized spacial score (nSPS) is 13.4. The smallest absolute Gasteiger partial charge is 0.377 e. The van der Waals surface area contributed by atoms with Crippen LogP contribution >= 0.6 is 0 Å². The zero-order valence-corrected chi connectivity index (χ0v) is 10.0. The van der Waals surface area contributed by atoms with Crippen molar-refractivity contribution in [3.05, 3.63) is 0 Å². The van der Waals surface area contributed by atoms with Crippen LogP contribution in [0.5, 0.6) is 0 Å². The molecule has 0 aromatic carbocycles. The van der Waals surface area contributed by atoms with E-state index in [0.29, 0.717) is 12.5 Å². The summed E-state index contributed by atoms with van der Waals surface area (Å²) in [7, 11) is 2.13. The predicted octanol–water partition coefficient (Wildman–Crippen LogP) is 1.46. The van der Waals surface area contributed by atoms with E-state index in [0.717, 1.165) is 0 Å². The quantitative estimate of drug-likeness (QED) is 0.620. The second-order valence-electron chi connectivity index (χ2n) is 3.56. The fourth-order valence-electron chi connectivity index (χ4n) is 1.01. The van der Waals surface area contributed by atoms with Gasteiger partial charge in [0.15, 0.2) is 0 Å². The Morgan fingerprint density at radius 2 is 1.46 bits per heavy atom. The summed E-state index contributed by atoms with van der Waals surface area (Å²) in [5.41, 5.74) is -0.951.